The first kappa shape index (κ1) is 25.9. The summed E-state index contributed by atoms with van der Waals surface area (Å²) < 4.78 is 5.74. The molecule has 0 spiro atoms. The van der Waals surface area contributed by atoms with Crippen LogP contribution in [0.3, 0.4) is 0 Å². The summed E-state index contributed by atoms with van der Waals surface area (Å²) in [5, 5.41) is 9.66. The fourth-order valence-electron chi connectivity index (χ4n) is 4.12. The van der Waals surface area contributed by atoms with E-state index in [9.17, 15) is 9.90 Å². The summed E-state index contributed by atoms with van der Waals surface area (Å²) in [6.07, 6.45) is 1.26. The van der Waals surface area contributed by atoms with Gasteiger partial charge in [-0.15, -0.1) is 24.8 Å². The molecule has 1 heterocycles. The highest BCUT2D eigenvalue weighted by Crippen LogP contribution is 2.50. The van der Waals surface area contributed by atoms with Crippen LogP contribution in [-0.2, 0) is 9.53 Å². The van der Waals surface area contributed by atoms with Crippen molar-refractivity contribution < 1.29 is 14.6 Å². The Hall–Kier alpha value is -0.110. The number of nitrogens with two attached hydrogens (primary N) is 1. The highest BCUT2D eigenvalue weighted by Gasteiger charge is 2.63. The second kappa shape index (κ2) is 9.89. The van der Waals surface area contributed by atoms with Gasteiger partial charge in [-0.1, -0.05) is 20.8 Å². The van der Waals surface area contributed by atoms with Crippen LogP contribution in [0.25, 0.3) is 0 Å². The molecule has 0 radical (unpaired) electrons. The highest BCUT2D eigenvalue weighted by molar-refractivity contribution is 5.89. The zero-order chi connectivity index (χ0) is 18.1. The zero-order valence-corrected chi connectivity index (χ0v) is 18.4. The van der Waals surface area contributed by atoms with E-state index in [0.29, 0.717) is 32.7 Å². The molecule has 4 unspecified atom stereocenters. The summed E-state index contributed by atoms with van der Waals surface area (Å²) in [6.45, 7) is 13.5. The van der Waals surface area contributed by atoms with Crippen LogP contribution < -0.4 is 5.73 Å². The number of carbonyl (C=O) groups is 1. The normalized spacial score (nSPS) is 32.0. The Morgan fingerprint density at radius 2 is 1.92 bits per heavy atom. The molecule has 0 bridgehead atoms. The third kappa shape index (κ3) is 4.65. The monoisotopic (exact) mass is 413 g/mol. The lowest BCUT2D eigenvalue weighted by Crippen LogP contribution is -2.77. The fourth-order valence-corrected chi connectivity index (χ4v) is 4.12. The standard InChI is InChI=1S/C18H35N3O3.2ClH/c1-6-14-12-21(9-8-20(14)11-13(3)22)16(23)18(19)10-15(24-7-2)17(18,4)5;;/h13-15,22H,6-12,19H2,1-5H3;2*1H. The maximum atomic E-state index is 13.1. The average Bonchev–Trinajstić information content (AvgIpc) is 2.53. The van der Waals surface area contributed by atoms with E-state index >= 15 is 0 Å². The van der Waals surface area contributed by atoms with Crippen molar-refractivity contribution in [2.75, 3.05) is 32.8 Å². The van der Waals surface area contributed by atoms with Crippen molar-refractivity contribution in [1.29, 1.82) is 0 Å². The number of ether oxygens (including phenoxy) is 1. The van der Waals surface area contributed by atoms with Crippen LogP contribution in [0.2, 0.25) is 0 Å². The minimum absolute atomic E-state index is 0. The van der Waals surface area contributed by atoms with E-state index < -0.39 is 5.54 Å². The number of piperazine rings is 1. The Balaban J connectivity index is 0.00000312. The van der Waals surface area contributed by atoms with E-state index in [1.54, 1.807) is 0 Å². The van der Waals surface area contributed by atoms with Gasteiger partial charge >= 0.3 is 0 Å². The molecule has 0 aromatic heterocycles. The number of amides is 1. The van der Waals surface area contributed by atoms with Gasteiger partial charge in [-0.3, -0.25) is 9.69 Å². The summed E-state index contributed by atoms with van der Waals surface area (Å²) in [7, 11) is 0. The molecule has 1 saturated heterocycles. The molecule has 156 valence electrons. The maximum Gasteiger partial charge on any atom is 0.243 e. The van der Waals surface area contributed by atoms with Gasteiger partial charge in [0.2, 0.25) is 5.91 Å². The van der Waals surface area contributed by atoms with Crippen molar-refractivity contribution in [2.24, 2.45) is 11.1 Å². The Bertz CT molecular complexity index is 465. The number of nitrogens with zero attached hydrogens (tertiary/aromatic N) is 2. The first-order valence-corrected chi connectivity index (χ1v) is 9.29. The van der Waals surface area contributed by atoms with Gasteiger partial charge in [0.25, 0.3) is 0 Å². The molecule has 1 aliphatic carbocycles. The van der Waals surface area contributed by atoms with Crippen molar-refractivity contribution in [3.05, 3.63) is 0 Å². The second-order valence-corrected chi connectivity index (χ2v) is 8.00. The number of hydrogen-bond acceptors (Lipinski definition) is 5. The van der Waals surface area contributed by atoms with Crippen molar-refractivity contribution in [3.8, 4) is 0 Å². The van der Waals surface area contributed by atoms with Gasteiger partial charge in [0.05, 0.1) is 12.2 Å². The Morgan fingerprint density at radius 3 is 2.38 bits per heavy atom. The van der Waals surface area contributed by atoms with Gasteiger partial charge in [-0.05, 0) is 20.3 Å². The Labute approximate surface area is 170 Å². The Kier molecular flexibility index (Phi) is 9.85. The number of carbonyl (C=O) groups excluding carboxylic acids is 1. The van der Waals surface area contributed by atoms with Crippen LogP contribution in [0.15, 0.2) is 0 Å². The first-order valence-electron chi connectivity index (χ1n) is 9.29. The molecule has 1 saturated carbocycles. The molecule has 8 heteroatoms. The van der Waals surface area contributed by atoms with Crippen molar-refractivity contribution in [2.45, 2.75) is 71.2 Å². The lowest BCUT2D eigenvalue weighted by Gasteiger charge is -2.59. The van der Waals surface area contributed by atoms with Gasteiger partial charge in [0.15, 0.2) is 0 Å². The SMILES string of the molecule is CCOC1CC(N)(C(=O)N2CCN(CC(C)O)C(CC)C2)C1(C)C.Cl.Cl. The van der Waals surface area contributed by atoms with E-state index in [1.807, 2.05) is 32.6 Å². The molecule has 3 N–H and O–H groups in total. The molecule has 4 atom stereocenters. The van der Waals surface area contributed by atoms with Crippen LogP contribution in [0, 0.1) is 5.41 Å². The quantitative estimate of drug-likeness (QED) is 0.691. The van der Waals surface area contributed by atoms with Gasteiger partial charge < -0.3 is 20.5 Å². The average molecular weight is 414 g/mol. The predicted octanol–water partition coefficient (Wildman–Crippen LogP) is 1.67. The molecular weight excluding hydrogens is 377 g/mol. The molecule has 26 heavy (non-hydrogen) atoms. The summed E-state index contributed by atoms with van der Waals surface area (Å²) in [5.74, 6) is 0.0543. The molecule has 2 fully saturated rings. The highest BCUT2D eigenvalue weighted by atomic mass is 35.5. The predicted molar refractivity (Wildman–Crippen MR) is 109 cm³/mol. The molecular formula is C18H37Cl2N3O3. The van der Waals surface area contributed by atoms with E-state index in [1.165, 1.54) is 0 Å². The maximum absolute atomic E-state index is 13.1. The second-order valence-electron chi connectivity index (χ2n) is 8.00. The lowest BCUT2D eigenvalue weighted by atomic mass is 9.54. The van der Waals surface area contributed by atoms with Crippen LogP contribution in [0.4, 0.5) is 0 Å². The van der Waals surface area contributed by atoms with Gasteiger partial charge in [0.1, 0.15) is 5.54 Å². The van der Waals surface area contributed by atoms with Crippen molar-refractivity contribution in [1.82, 2.24) is 9.80 Å². The molecule has 1 amide bonds. The van der Waals surface area contributed by atoms with Crippen LogP contribution >= 0.6 is 24.8 Å². The Morgan fingerprint density at radius 1 is 1.31 bits per heavy atom. The van der Waals surface area contributed by atoms with Gasteiger partial charge in [-0.2, -0.15) is 0 Å². The van der Waals surface area contributed by atoms with Crippen LogP contribution in [0.5, 0.6) is 0 Å². The smallest absolute Gasteiger partial charge is 0.243 e. The lowest BCUT2D eigenvalue weighted by molar-refractivity contribution is -0.181. The number of halogens is 2. The summed E-state index contributed by atoms with van der Waals surface area (Å²) in [4.78, 5) is 17.3. The molecule has 0 aromatic rings. The molecule has 1 aliphatic heterocycles. The van der Waals surface area contributed by atoms with E-state index in [4.69, 9.17) is 10.5 Å². The summed E-state index contributed by atoms with van der Waals surface area (Å²) in [6, 6.07) is 0.284. The number of aliphatic hydroxyl groups is 1. The number of aliphatic hydroxyl groups excluding tert-OH is 1. The molecule has 2 rings (SSSR count). The fraction of sp³-hybridized carbons (Fsp3) is 0.944. The minimum Gasteiger partial charge on any atom is -0.392 e. The topological polar surface area (TPSA) is 79.0 Å². The third-order valence-electron chi connectivity index (χ3n) is 6.07. The van der Waals surface area contributed by atoms with E-state index in [0.717, 1.165) is 13.0 Å². The largest absolute Gasteiger partial charge is 0.392 e. The number of β-amino-alcohol motifs (C(OH)–C–C–N with tert-alkyl or cyclic N) is 1. The summed E-state index contributed by atoms with van der Waals surface area (Å²) >= 11 is 0. The zero-order valence-electron chi connectivity index (χ0n) is 16.7. The van der Waals surface area contributed by atoms with Crippen molar-refractivity contribution in [3.63, 3.8) is 0 Å². The molecule has 2 aliphatic rings. The van der Waals surface area contributed by atoms with E-state index in [2.05, 4.69) is 11.8 Å². The minimum atomic E-state index is -0.836. The van der Waals surface area contributed by atoms with Gasteiger partial charge in [-0.25, -0.2) is 0 Å². The third-order valence-corrected chi connectivity index (χ3v) is 6.07. The number of hydrogen-bond donors (Lipinski definition) is 2. The van der Waals surface area contributed by atoms with Crippen molar-refractivity contribution >= 4 is 30.7 Å². The van der Waals surface area contributed by atoms with Crippen LogP contribution in [0.1, 0.15) is 47.5 Å². The number of rotatable bonds is 6. The molecule has 6 nitrogen and oxygen atoms in total. The molecule has 0 aromatic carbocycles. The van der Waals surface area contributed by atoms with Gasteiger partial charge in [0, 0.05) is 50.7 Å². The van der Waals surface area contributed by atoms with E-state index in [-0.39, 0.29) is 54.4 Å². The van der Waals surface area contributed by atoms with Crippen LogP contribution in [-0.4, -0.2) is 77.4 Å². The first-order chi connectivity index (χ1) is 11.2. The summed E-state index contributed by atoms with van der Waals surface area (Å²) in [5.41, 5.74) is 5.37.